The van der Waals surface area contributed by atoms with Crippen LogP contribution in [0.3, 0.4) is 0 Å². The van der Waals surface area contributed by atoms with Crippen molar-refractivity contribution in [2.24, 2.45) is 13.0 Å². The molecular weight excluding hydrogens is 338 g/mol. The van der Waals surface area contributed by atoms with E-state index in [1.807, 2.05) is 25.2 Å². The van der Waals surface area contributed by atoms with Crippen LogP contribution in [0.1, 0.15) is 66.7 Å². The van der Waals surface area contributed by atoms with E-state index in [-0.39, 0.29) is 17.9 Å². The lowest BCUT2D eigenvalue weighted by atomic mass is 10.0. The highest BCUT2D eigenvalue weighted by molar-refractivity contribution is 5.94. The van der Waals surface area contributed by atoms with Crippen LogP contribution in [0.2, 0.25) is 0 Å². The fraction of sp³-hybridized carbons (Fsp3) is 0.476. The average Bonchev–Trinajstić information content (AvgIpc) is 3.12. The van der Waals surface area contributed by atoms with E-state index in [4.69, 9.17) is 4.98 Å². The van der Waals surface area contributed by atoms with Crippen molar-refractivity contribution < 1.29 is 4.79 Å². The van der Waals surface area contributed by atoms with Crippen LogP contribution in [0.25, 0.3) is 11.0 Å². The lowest BCUT2D eigenvalue weighted by Gasteiger charge is -2.22. The second-order valence-corrected chi connectivity index (χ2v) is 7.80. The number of hydrogen-bond acceptors (Lipinski definition) is 3. The number of hydrogen-bond donors (Lipinski definition) is 2. The van der Waals surface area contributed by atoms with Crippen molar-refractivity contribution in [3.8, 4) is 0 Å². The van der Waals surface area contributed by atoms with Crippen molar-refractivity contribution in [3.63, 3.8) is 0 Å². The lowest BCUT2D eigenvalue weighted by Crippen LogP contribution is -2.34. The molecule has 142 valence electrons. The quantitative estimate of drug-likeness (QED) is 0.692. The van der Waals surface area contributed by atoms with Crippen LogP contribution in [0.4, 0.5) is 0 Å². The molecule has 1 aliphatic rings. The Labute approximate surface area is 159 Å². The Hall–Kier alpha value is -2.63. The van der Waals surface area contributed by atoms with Crippen LogP contribution in [-0.2, 0) is 19.9 Å². The number of imidazole rings is 1. The molecule has 0 saturated carbocycles. The summed E-state index contributed by atoms with van der Waals surface area (Å²) in [6.07, 6.45) is 5.38. The largest absolute Gasteiger partial charge is 0.340 e. The molecule has 1 atom stereocenters. The number of fused-ring (bicyclic) bond motifs is 2. The summed E-state index contributed by atoms with van der Waals surface area (Å²) < 4.78 is 2.07. The van der Waals surface area contributed by atoms with Gasteiger partial charge in [0.15, 0.2) is 5.69 Å². The van der Waals surface area contributed by atoms with Gasteiger partial charge in [-0.3, -0.25) is 9.89 Å². The number of H-pyrrole nitrogens is 1. The molecule has 0 fully saturated rings. The zero-order valence-corrected chi connectivity index (χ0v) is 16.2. The molecule has 0 radical (unpaired) electrons. The molecule has 6 nitrogen and oxygen atoms in total. The standard InChI is InChI=1S/C21H27N5O/c1-13(2)18(20-22-16-11-7-8-12-17(16)26(20)3)23-21(27)19-14-9-5-4-6-10-15(14)24-25-19/h7-8,11-13,18H,4-6,9-10H2,1-3H3,(H,23,27)(H,24,25)/t18-/m1/s1. The first kappa shape index (κ1) is 17.8. The Morgan fingerprint density at radius 3 is 2.74 bits per heavy atom. The number of carbonyl (C=O) groups is 1. The molecule has 6 heteroatoms. The summed E-state index contributed by atoms with van der Waals surface area (Å²) in [6.45, 7) is 4.21. The maximum Gasteiger partial charge on any atom is 0.272 e. The summed E-state index contributed by atoms with van der Waals surface area (Å²) in [6, 6.07) is 7.88. The van der Waals surface area contributed by atoms with E-state index in [9.17, 15) is 4.79 Å². The van der Waals surface area contributed by atoms with E-state index in [0.29, 0.717) is 5.69 Å². The number of rotatable bonds is 4. The molecule has 4 rings (SSSR count). The second-order valence-electron chi connectivity index (χ2n) is 7.80. The second kappa shape index (κ2) is 7.18. The van der Waals surface area contributed by atoms with E-state index in [1.165, 1.54) is 6.42 Å². The van der Waals surface area contributed by atoms with E-state index < -0.39 is 0 Å². The number of benzene rings is 1. The third kappa shape index (κ3) is 3.24. The van der Waals surface area contributed by atoms with Crippen LogP contribution in [0.15, 0.2) is 24.3 Å². The van der Waals surface area contributed by atoms with E-state index in [2.05, 4.69) is 40.0 Å². The van der Waals surface area contributed by atoms with Crippen molar-refractivity contribution in [2.75, 3.05) is 0 Å². The van der Waals surface area contributed by atoms with Gasteiger partial charge in [0, 0.05) is 18.3 Å². The van der Waals surface area contributed by atoms with Gasteiger partial charge >= 0.3 is 0 Å². The molecule has 3 aromatic rings. The molecule has 0 unspecified atom stereocenters. The van der Waals surface area contributed by atoms with Gasteiger partial charge in [0.2, 0.25) is 0 Å². The number of aromatic amines is 1. The lowest BCUT2D eigenvalue weighted by molar-refractivity contribution is 0.0916. The summed E-state index contributed by atoms with van der Waals surface area (Å²) >= 11 is 0. The molecule has 1 aliphatic carbocycles. The number of nitrogens with one attached hydrogen (secondary N) is 2. The first-order valence-electron chi connectivity index (χ1n) is 9.84. The molecule has 2 aromatic heterocycles. The molecule has 0 bridgehead atoms. The van der Waals surface area contributed by atoms with Crippen LogP contribution >= 0.6 is 0 Å². The molecule has 0 saturated heterocycles. The summed E-state index contributed by atoms with van der Waals surface area (Å²) in [5.41, 5.74) is 4.79. The number of amides is 1. The van der Waals surface area contributed by atoms with Gasteiger partial charge in [0.05, 0.1) is 17.1 Å². The number of nitrogens with zero attached hydrogens (tertiary/aromatic N) is 3. The smallest absolute Gasteiger partial charge is 0.272 e. The van der Waals surface area contributed by atoms with E-state index in [1.54, 1.807) is 0 Å². The monoisotopic (exact) mass is 365 g/mol. The Morgan fingerprint density at radius 1 is 1.19 bits per heavy atom. The van der Waals surface area contributed by atoms with Crippen LogP contribution in [-0.4, -0.2) is 25.7 Å². The van der Waals surface area contributed by atoms with Gasteiger partial charge in [-0.25, -0.2) is 4.98 Å². The van der Waals surface area contributed by atoms with Crippen LogP contribution in [0.5, 0.6) is 0 Å². The van der Waals surface area contributed by atoms with Gasteiger partial charge in [-0.05, 0) is 43.7 Å². The van der Waals surface area contributed by atoms with Crippen molar-refractivity contribution in [1.29, 1.82) is 0 Å². The molecule has 1 amide bonds. The van der Waals surface area contributed by atoms with Crippen molar-refractivity contribution in [1.82, 2.24) is 25.1 Å². The highest BCUT2D eigenvalue weighted by atomic mass is 16.2. The number of carbonyl (C=O) groups excluding carboxylic acids is 1. The minimum absolute atomic E-state index is 0.111. The number of para-hydroxylation sites is 2. The first-order chi connectivity index (χ1) is 13.1. The van der Waals surface area contributed by atoms with Crippen LogP contribution in [0, 0.1) is 5.92 Å². The molecule has 1 aromatic carbocycles. The van der Waals surface area contributed by atoms with Gasteiger partial charge in [-0.15, -0.1) is 0 Å². The molecule has 0 aliphatic heterocycles. The fourth-order valence-corrected chi connectivity index (χ4v) is 4.03. The zero-order valence-electron chi connectivity index (χ0n) is 16.2. The van der Waals surface area contributed by atoms with Gasteiger partial charge in [0.1, 0.15) is 5.82 Å². The predicted molar refractivity (Wildman–Crippen MR) is 106 cm³/mol. The van der Waals surface area contributed by atoms with Gasteiger partial charge in [0.25, 0.3) is 5.91 Å². The summed E-state index contributed by atoms with van der Waals surface area (Å²) in [7, 11) is 2.01. The Bertz CT molecular complexity index is 968. The maximum absolute atomic E-state index is 13.1. The Balaban J connectivity index is 1.65. The highest BCUT2D eigenvalue weighted by Gasteiger charge is 2.27. The number of aromatic nitrogens is 4. The summed E-state index contributed by atoms with van der Waals surface area (Å²) in [4.78, 5) is 17.9. The predicted octanol–water partition coefficient (Wildman–Crippen LogP) is 3.69. The summed E-state index contributed by atoms with van der Waals surface area (Å²) in [5, 5.41) is 10.6. The Kier molecular flexibility index (Phi) is 4.72. The maximum atomic E-state index is 13.1. The van der Waals surface area contributed by atoms with Gasteiger partial charge in [-0.1, -0.05) is 32.4 Å². The van der Waals surface area contributed by atoms with Crippen molar-refractivity contribution >= 4 is 16.9 Å². The van der Waals surface area contributed by atoms with Crippen molar-refractivity contribution in [2.45, 2.75) is 52.0 Å². The van der Waals surface area contributed by atoms with Crippen molar-refractivity contribution in [3.05, 3.63) is 47.0 Å². The van der Waals surface area contributed by atoms with E-state index in [0.717, 1.165) is 53.8 Å². The topological polar surface area (TPSA) is 75.6 Å². The van der Waals surface area contributed by atoms with Gasteiger partial charge < -0.3 is 9.88 Å². The first-order valence-corrected chi connectivity index (χ1v) is 9.84. The molecule has 0 spiro atoms. The van der Waals surface area contributed by atoms with E-state index >= 15 is 0 Å². The SMILES string of the molecule is CC(C)[C@@H](NC(=O)c1n[nH]c2c1CCCCC2)c1nc2ccccc2n1C. The van der Waals surface area contributed by atoms with Gasteiger partial charge in [-0.2, -0.15) is 5.10 Å². The molecule has 27 heavy (non-hydrogen) atoms. The Morgan fingerprint density at radius 2 is 1.96 bits per heavy atom. The average molecular weight is 365 g/mol. The third-order valence-corrected chi connectivity index (χ3v) is 5.57. The minimum Gasteiger partial charge on any atom is -0.340 e. The third-order valence-electron chi connectivity index (χ3n) is 5.57. The zero-order chi connectivity index (χ0) is 19.0. The fourth-order valence-electron chi connectivity index (χ4n) is 4.03. The normalized spacial score (nSPS) is 15.6. The molecular formula is C21H27N5O. The van der Waals surface area contributed by atoms with Crippen LogP contribution < -0.4 is 5.32 Å². The minimum atomic E-state index is -0.173. The highest BCUT2D eigenvalue weighted by Crippen LogP contribution is 2.26. The number of aryl methyl sites for hydroxylation is 2. The molecule has 2 heterocycles. The molecule has 2 N–H and O–H groups in total. The summed E-state index contributed by atoms with van der Waals surface area (Å²) in [5.74, 6) is 0.975.